The van der Waals surface area contributed by atoms with Crippen LogP contribution in [0.1, 0.15) is 34.2 Å². The van der Waals surface area contributed by atoms with E-state index in [1.807, 2.05) is 23.3 Å². The minimum absolute atomic E-state index is 0. The molecule has 0 spiro atoms. The van der Waals surface area contributed by atoms with Crippen molar-refractivity contribution in [1.29, 1.82) is 0 Å². The molecule has 0 radical (unpaired) electrons. The summed E-state index contributed by atoms with van der Waals surface area (Å²) in [4.78, 5) is 12.9. The lowest BCUT2D eigenvalue weighted by Crippen LogP contribution is -3.00. The van der Waals surface area contributed by atoms with E-state index in [4.69, 9.17) is 21.9 Å². The van der Waals surface area contributed by atoms with E-state index in [9.17, 15) is 39.5 Å². The van der Waals surface area contributed by atoms with Crippen LogP contribution in [-0.4, -0.2) is 49.3 Å². The van der Waals surface area contributed by atoms with Gasteiger partial charge in [0.25, 0.3) is 5.84 Å². The Morgan fingerprint density at radius 3 is 1.92 bits per heavy atom. The molecule has 0 saturated heterocycles. The van der Waals surface area contributed by atoms with Crippen molar-refractivity contribution in [3.05, 3.63) is 131 Å². The fourth-order valence-corrected chi connectivity index (χ4v) is 5.64. The topological polar surface area (TPSA) is 164 Å². The van der Waals surface area contributed by atoms with Gasteiger partial charge in [-0.2, -0.15) is 67.3 Å². The summed E-state index contributed by atoms with van der Waals surface area (Å²) < 4.78 is 118. The number of nitrogens with one attached hydrogen (secondary N) is 2. The molecule has 0 saturated carbocycles. The van der Waals surface area contributed by atoms with Crippen LogP contribution in [0.4, 0.5) is 56.7 Å². The maximum Gasteiger partial charge on any atom is 0.416 e. The molecule has 0 amide bonds. The van der Waals surface area contributed by atoms with Gasteiger partial charge < -0.3 is 45.5 Å². The number of nitrogens with two attached hydrogens (primary N) is 3. The van der Waals surface area contributed by atoms with Gasteiger partial charge in [-0.1, -0.05) is 64.7 Å². The number of aromatic nitrogens is 2. The minimum Gasteiger partial charge on any atom is -1.00 e. The largest absolute Gasteiger partial charge is 1.00 e. The normalized spacial score (nSPS) is 12.4. The average Bonchev–Trinajstić information content (AvgIpc) is 3.69. The minimum atomic E-state index is -4.37. The molecule has 1 aliphatic heterocycles. The predicted octanol–water partition coefficient (Wildman–Crippen LogP) is 6.50. The fraction of sp³-hybridized carbons (Fsp3) is 0.200. The molecule has 1 aliphatic rings. The van der Waals surface area contributed by atoms with E-state index in [0.717, 1.165) is 47.7 Å². The predicted molar refractivity (Wildman–Crippen MR) is 245 cm³/mol. The van der Waals surface area contributed by atoms with Gasteiger partial charge in [0.05, 0.1) is 33.9 Å². The van der Waals surface area contributed by atoms with Gasteiger partial charge in [0.15, 0.2) is 10.3 Å². The zero-order valence-corrected chi connectivity index (χ0v) is 40.1. The van der Waals surface area contributed by atoms with E-state index >= 15 is 0 Å². The van der Waals surface area contributed by atoms with E-state index in [2.05, 4.69) is 77.9 Å². The van der Waals surface area contributed by atoms with Gasteiger partial charge in [-0.25, -0.2) is 9.98 Å². The lowest BCUT2D eigenvalue weighted by atomic mass is 10.00. The number of rotatable bonds is 9. The second-order valence-corrected chi connectivity index (χ2v) is 14.0. The van der Waals surface area contributed by atoms with Crippen LogP contribution in [0.15, 0.2) is 118 Å². The number of amidine groups is 1. The lowest BCUT2D eigenvalue weighted by molar-refractivity contribution is -0.355. The van der Waals surface area contributed by atoms with Crippen LogP contribution in [0, 0.1) is 0 Å². The lowest BCUT2D eigenvalue weighted by Gasteiger charge is -2.09. The maximum absolute atomic E-state index is 12.9. The average molecular weight is 1180 g/mol. The summed E-state index contributed by atoms with van der Waals surface area (Å²) in [5, 5.41) is 11.2. The second-order valence-electron chi connectivity index (χ2n) is 12.5. The first-order valence-corrected chi connectivity index (χ1v) is 22.1. The van der Waals surface area contributed by atoms with Crippen LogP contribution in [-0.2, 0) is 24.9 Å². The van der Waals surface area contributed by atoms with Crippen LogP contribution in [0.2, 0.25) is 0 Å². The number of thioether (sulfide) groups is 1. The van der Waals surface area contributed by atoms with E-state index in [1.54, 1.807) is 24.3 Å². The number of thiol groups is 1. The van der Waals surface area contributed by atoms with Gasteiger partial charge in [-0.05, 0) is 101 Å². The highest BCUT2D eigenvalue weighted by atomic mass is 127. The van der Waals surface area contributed by atoms with E-state index in [1.165, 1.54) is 42.1 Å². The Labute approximate surface area is 407 Å². The molecule has 1 aromatic heterocycles. The van der Waals surface area contributed by atoms with Crippen molar-refractivity contribution in [2.45, 2.75) is 36.5 Å². The SMILES string of the molecule is CI.CSc1nc(N)cc(Oc2ccc(C3=NN=C(Cc4cccc(C(F)(F)F)c4)C3)cc2)n1.NC(=S)Nc1cccc(C(F)(F)F)c1.NC(CS)=[NH+]c1cccc(C(F)(F)F)c1.[I-]. The zero-order valence-electron chi connectivity index (χ0n) is 33.3. The summed E-state index contributed by atoms with van der Waals surface area (Å²) in [6.07, 6.45) is -10.4. The van der Waals surface area contributed by atoms with Gasteiger partial charge in [0, 0.05) is 24.6 Å². The fourth-order valence-electron chi connectivity index (χ4n) is 5.06. The number of hydrogen-bond donors (Lipinski definition) is 6. The summed E-state index contributed by atoms with van der Waals surface area (Å²) in [7, 11) is 0. The molecule has 0 unspecified atom stereocenters. The first-order chi connectivity index (χ1) is 29.6. The van der Waals surface area contributed by atoms with Crippen molar-refractivity contribution in [2.75, 3.05) is 28.0 Å². The Morgan fingerprint density at radius 2 is 1.36 bits per heavy atom. The molecule has 0 fully saturated rings. The van der Waals surface area contributed by atoms with Crippen molar-refractivity contribution in [2.24, 2.45) is 21.7 Å². The van der Waals surface area contributed by atoms with Gasteiger partial charge >= 0.3 is 18.5 Å². The Bertz CT molecular complexity index is 2400. The van der Waals surface area contributed by atoms with Crippen LogP contribution >= 0.6 is 59.2 Å². The Morgan fingerprint density at radius 1 is 0.797 bits per heavy atom. The quantitative estimate of drug-likeness (QED) is 0.0111. The Kier molecular flexibility index (Phi) is 22.6. The first-order valence-electron chi connectivity index (χ1n) is 17.7. The van der Waals surface area contributed by atoms with E-state index in [-0.39, 0.29) is 40.5 Å². The standard InChI is InChI=1S/C22H18F3N5OS.C9H9F3N2S.C8H7F3N2S.CH3I.HI/c1-32-21-27-19(26)12-20(28-21)31-17-7-5-14(6-8-17)18-11-16(29-30-18)10-13-3-2-4-15(9-13)22(23,24)25;10-9(11,12)6-2-1-3-7(4-6)14-8(13)5-15;9-8(10,11)5-2-1-3-6(4-5)13-7(12)14;1-2;/h2-9,12H,10-11H2,1H3,(H2,26,27,28);1-4,15H,5H2,(H2,13,14);1-4H,(H3,12,13,14);1H3;1H. The summed E-state index contributed by atoms with van der Waals surface area (Å²) in [5.41, 5.74) is 17.6. The highest BCUT2D eigenvalue weighted by Gasteiger charge is 2.32. The van der Waals surface area contributed by atoms with Crippen molar-refractivity contribution >= 4 is 98.8 Å². The van der Waals surface area contributed by atoms with Crippen LogP contribution in [0.25, 0.3) is 0 Å². The summed E-state index contributed by atoms with van der Waals surface area (Å²) in [5.74, 6) is 1.80. The number of nitrogen functional groups attached to an aromatic ring is 1. The summed E-state index contributed by atoms with van der Waals surface area (Å²) in [6.45, 7) is 0. The van der Waals surface area contributed by atoms with Crippen LogP contribution in [0.5, 0.6) is 11.6 Å². The molecular weight excluding hydrogens is 1140 g/mol. The smallest absolute Gasteiger partial charge is 0.416 e. The highest BCUT2D eigenvalue weighted by molar-refractivity contribution is 14.1. The molecular formula is C40H38F9I2N9OS3. The number of nitrogens with zero attached hydrogens (tertiary/aromatic N) is 4. The molecule has 344 valence electrons. The molecule has 0 aliphatic carbocycles. The van der Waals surface area contributed by atoms with Gasteiger partial charge in [-0.15, -0.1) is 0 Å². The van der Waals surface area contributed by atoms with E-state index < -0.39 is 35.2 Å². The zero-order chi connectivity index (χ0) is 47.0. The number of hydrogen-bond acceptors (Lipinski definition) is 9. The number of ether oxygens (including phenoxy) is 1. The molecule has 0 bridgehead atoms. The number of halogens is 11. The third-order valence-electron chi connectivity index (χ3n) is 7.76. The molecule has 8 N–H and O–H groups in total. The van der Waals surface area contributed by atoms with Gasteiger partial charge in [0.2, 0.25) is 5.88 Å². The third-order valence-corrected chi connectivity index (χ3v) is 8.75. The number of benzene rings is 4. The monoisotopic (exact) mass is 1180 g/mol. The molecule has 64 heavy (non-hydrogen) atoms. The van der Waals surface area contributed by atoms with Crippen LogP contribution < -0.4 is 56.2 Å². The van der Waals surface area contributed by atoms with Crippen molar-refractivity contribution in [3.63, 3.8) is 0 Å². The molecule has 24 heteroatoms. The van der Waals surface area contributed by atoms with Gasteiger partial charge in [-0.3, -0.25) is 5.73 Å². The number of thiocarbonyl (C=S) groups is 1. The third kappa shape index (κ3) is 19.0. The molecule has 6 rings (SSSR count). The van der Waals surface area contributed by atoms with Crippen molar-refractivity contribution < 1.29 is 73.2 Å². The first kappa shape index (κ1) is 55.7. The van der Waals surface area contributed by atoms with Gasteiger partial charge in [0.1, 0.15) is 17.3 Å². The molecule has 0 atom stereocenters. The Balaban J connectivity index is 0.000000367. The van der Waals surface area contributed by atoms with Crippen LogP contribution in [0.3, 0.4) is 0 Å². The molecule has 5 aromatic rings. The number of anilines is 2. The Hall–Kier alpha value is -4.41. The molecule has 10 nitrogen and oxygen atoms in total. The second kappa shape index (κ2) is 25.9. The van der Waals surface area contributed by atoms with Crippen molar-refractivity contribution in [1.82, 2.24) is 9.97 Å². The van der Waals surface area contributed by atoms with Crippen molar-refractivity contribution in [3.8, 4) is 11.6 Å². The molecule has 2 heterocycles. The number of alkyl halides is 10. The van der Waals surface area contributed by atoms with E-state index in [0.29, 0.717) is 58.2 Å². The molecule has 4 aromatic carbocycles. The summed E-state index contributed by atoms with van der Waals surface area (Å²) >= 11 is 11.9. The summed E-state index contributed by atoms with van der Waals surface area (Å²) in [6, 6.07) is 23.5. The maximum atomic E-state index is 12.9. The highest BCUT2D eigenvalue weighted by Crippen LogP contribution is 2.32.